The maximum Gasteiger partial charge on any atom is 0.169 e. The third-order valence-electron chi connectivity index (χ3n) is 2.69. The molecule has 96 valence electrons. The lowest BCUT2D eigenvalue weighted by Crippen LogP contribution is -1.80. The number of hydrogen-bond acceptors (Lipinski definition) is 2. The molecule has 1 rings (SSSR count). The summed E-state index contributed by atoms with van der Waals surface area (Å²) in [6.45, 7) is 6.17. The Bertz CT molecular complexity index is 132. The molecule has 0 bridgehead atoms. The van der Waals surface area contributed by atoms with E-state index < -0.39 is 0 Å². The van der Waals surface area contributed by atoms with E-state index in [0.717, 1.165) is 13.2 Å². The van der Waals surface area contributed by atoms with E-state index in [1.165, 1.54) is 64.2 Å². The molecule has 0 aliphatic carbocycles. The van der Waals surface area contributed by atoms with Gasteiger partial charge in [0.1, 0.15) is 6.61 Å². The Morgan fingerprint density at radius 3 is 1.62 bits per heavy atom. The highest BCUT2D eigenvalue weighted by Crippen LogP contribution is 2.08. The first kappa shape index (κ1) is 15.5. The van der Waals surface area contributed by atoms with E-state index in [4.69, 9.17) is 0 Å². The minimum Gasteiger partial charge on any atom is -0.482 e. The maximum absolute atomic E-state index is 4.65. The van der Waals surface area contributed by atoms with Crippen molar-refractivity contribution < 1.29 is 4.74 Å². The number of ether oxygens (including phenoxy) is 1. The summed E-state index contributed by atoms with van der Waals surface area (Å²) in [5, 5.41) is 0. The van der Waals surface area contributed by atoms with Crippen molar-refractivity contribution in [3.63, 3.8) is 0 Å². The Hall–Kier alpha value is -0.530. The topological polar surface area (TPSA) is 21.6 Å². The zero-order chi connectivity index (χ0) is 11.9. The second-order valence-corrected chi connectivity index (χ2v) is 4.36. The van der Waals surface area contributed by atoms with E-state index in [1.54, 1.807) is 0 Å². The molecular formula is C14H29NO. The number of rotatable bonds is 8. The molecule has 2 heteroatoms. The predicted octanol–water partition coefficient (Wildman–Crippen LogP) is 4.58. The van der Waals surface area contributed by atoms with E-state index in [9.17, 15) is 0 Å². The van der Waals surface area contributed by atoms with Gasteiger partial charge in [0.2, 0.25) is 0 Å². The third-order valence-corrected chi connectivity index (χ3v) is 2.69. The highest BCUT2D eigenvalue weighted by atomic mass is 16.5. The quantitative estimate of drug-likeness (QED) is 0.556. The second-order valence-electron chi connectivity index (χ2n) is 4.36. The molecule has 0 fully saturated rings. The Labute approximate surface area is 101 Å². The molecular weight excluding hydrogens is 198 g/mol. The summed E-state index contributed by atoms with van der Waals surface area (Å²) in [5.74, 6) is 0. The lowest BCUT2D eigenvalue weighted by molar-refractivity contribution is 0.361. The Morgan fingerprint density at radius 2 is 1.38 bits per heavy atom. The van der Waals surface area contributed by atoms with Gasteiger partial charge in [0.25, 0.3) is 0 Å². The van der Waals surface area contributed by atoms with Crippen LogP contribution in [0, 0.1) is 0 Å². The summed E-state index contributed by atoms with van der Waals surface area (Å²) < 4.78 is 4.65. The smallest absolute Gasteiger partial charge is 0.169 e. The van der Waals surface area contributed by atoms with Crippen molar-refractivity contribution >= 4 is 6.40 Å². The predicted molar refractivity (Wildman–Crippen MR) is 72.2 cm³/mol. The van der Waals surface area contributed by atoms with Crippen LogP contribution in [0.5, 0.6) is 0 Å². The highest BCUT2D eigenvalue weighted by Gasteiger charge is 1.89. The van der Waals surface area contributed by atoms with Gasteiger partial charge in [-0.1, -0.05) is 71.6 Å². The van der Waals surface area contributed by atoms with Crippen LogP contribution in [0.15, 0.2) is 4.99 Å². The van der Waals surface area contributed by atoms with Gasteiger partial charge in [-0.15, -0.1) is 0 Å². The van der Waals surface area contributed by atoms with E-state index in [0.29, 0.717) is 0 Å². The Balaban J connectivity index is 0.000000368. The summed E-state index contributed by atoms with van der Waals surface area (Å²) in [6, 6.07) is 0. The van der Waals surface area contributed by atoms with Crippen LogP contribution in [0.25, 0.3) is 0 Å². The fourth-order valence-corrected chi connectivity index (χ4v) is 1.65. The monoisotopic (exact) mass is 227 g/mol. The van der Waals surface area contributed by atoms with E-state index in [2.05, 4.69) is 23.6 Å². The molecule has 2 nitrogen and oxygen atoms in total. The van der Waals surface area contributed by atoms with Gasteiger partial charge in [-0.2, -0.15) is 0 Å². The molecule has 0 aromatic heterocycles. The summed E-state index contributed by atoms with van der Waals surface area (Å²) in [6.07, 6.45) is 14.4. The average molecular weight is 227 g/mol. The van der Waals surface area contributed by atoms with Crippen molar-refractivity contribution in [2.24, 2.45) is 4.99 Å². The average Bonchev–Trinajstić information content (AvgIpc) is 2.87. The summed E-state index contributed by atoms with van der Waals surface area (Å²) in [4.78, 5) is 3.74. The van der Waals surface area contributed by atoms with Crippen molar-refractivity contribution in [3.8, 4) is 0 Å². The minimum absolute atomic E-state index is 0.778. The Morgan fingerprint density at radius 1 is 0.875 bits per heavy atom. The number of unbranched alkanes of at least 4 members (excludes halogenated alkanes) is 8. The van der Waals surface area contributed by atoms with Crippen LogP contribution in [-0.4, -0.2) is 19.6 Å². The van der Waals surface area contributed by atoms with Gasteiger partial charge in [0.15, 0.2) is 6.40 Å². The molecule has 1 aliphatic heterocycles. The number of aliphatic imine (C=N–C) groups is 1. The SMILES string of the molecule is C1=NCCO1.CCCCCCCCCCC. The van der Waals surface area contributed by atoms with Gasteiger partial charge in [0.05, 0.1) is 6.54 Å². The van der Waals surface area contributed by atoms with Crippen molar-refractivity contribution in [1.29, 1.82) is 0 Å². The van der Waals surface area contributed by atoms with Crippen molar-refractivity contribution in [2.75, 3.05) is 13.2 Å². The largest absolute Gasteiger partial charge is 0.482 e. The first-order chi connectivity index (χ1) is 7.91. The fourth-order valence-electron chi connectivity index (χ4n) is 1.65. The molecule has 0 aromatic rings. The summed E-state index contributed by atoms with van der Waals surface area (Å²) in [5.41, 5.74) is 0. The lowest BCUT2D eigenvalue weighted by atomic mass is 10.1. The molecule has 0 atom stereocenters. The molecule has 0 N–H and O–H groups in total. The Kier molecular flexibility index (Phi) is 14.0. The van der Waals surface area contributed by atoms with Gasteiger partial charge in [-0.3, -0.25) is 4.99 Å². The fraction of sp³-hybridized carbons (Fsp3) is 0.929. The van der Waals surface area contributed by atoms with E-state index in [1.807, 2.05) is 0 Å². The number of nitrogens with zero attached hydrogens (tertiary/aromatic N) is 1. The van der Waals surface area contributed by atoms with Crippen molar-refractivity contribution in [2.45, 2.75) is 71.6 Å². The van der Waals surface area contributed by atoms with Crippen LogP contribution in [0.4, 0.5) is 0 Å². The summed E-state index contributed by atoms with van der Waals surface area (Å²) >= 11 is 0. The standard InChI is InChI=1S/C11H24.C3H5NO/c1-3-5-7-9-11-10-8-6-4-2;1-2-5-3-4-1/h3-11H2,1-2H3;3H,1-2H2. The maximum atomic E-state index is 4.65. The van der Waals surface area contributed by atoms with E-state index >= 15 is 0 Å². The molecule has 0 spiro atoms. The van der Waals surface area contributed by atoms with E-state index in [-0.39, 0.29) is 0 Å². The zero-order valence-corrected chi connectivity index (χ0v) is 11.2. The molecule has 0 saturated carbocycles. The zero-order valence-electron chi connectivity index (χ0n) is 11.2. The van der Waals surface area contributed by atoms with Gasteiger partial charge in [-0.05, 0) is 0 Å². The molecule has 0 unspecified atom stereocenters. The van der Waals surface area contributed by atoms with Gasteiger partial charge in [0, 0.05) is 0 Å². The molecule has 1 aliphatic rings. The highest BCUT2D eigenvalue weighted by molar-refractivity contribution is 5.47. The number of hydrogen-bond donors (Lipinski definition) is 0. The third kappa shape index (κ3) is 13.5. The second kappa shape index (κ2) is 14.5. The normalized spacial score (nSPS) is 13.1. The van der Waals surface area contributed by atoms with Crippen LogP contribution in [0.3, 0.4) is 0 Å². The molecule has 0 amide bonds. The molecule has 16 heavy (non-hydrogen) atoms. The molecule has 0 radical (unpaired) electrons. The lowest BCUT2D eigenvalue weighted by Gasteiger charge is -1.98. The van der Waals surface area contributed by atoms with Crippen LogP contribution in [-0.2, 0) is 4.74 Å². The first-order valence-corrected chi connectivity index (χ1v) is 7.01. The van der Waals surface area contributed by atoms with Gasteiger partial charge in [-0.25, -0.2) is 0 Å². The van der Waals surface area contributed by atoms with Crippen molar-refractivity contribution in [1.82, 2.24) is 0 Å². The van der Waals surface area contributed by atoms with Gasteiger partial charge >= 0.3 is 0 Å². The molecule has 0 aromatic carbocycles. The van der Waals surface area contributed by atoms with Gasteiger partial charge < -0.3 is 4.74 Å². The molecule has 1 heterocycles. The first-order valence-electron chi connectivity index (χ1n) is 7.01. The van der Waals surface area contributed by atoms with Crippen LogP contribution in [0.1, 0.15) is 71.6 Å². The minimum atomic E-state index is 0.778. The van der Waals surface area contributed by atoms with Crippen LogP contribution in [0.2, 0.25) is 0 Å². The van der Waals surface area contributed by atoms with Crippen LogP contribution < -0.4 is 0 Å². The molecule has 0 saturated heterocycles. The van der Waals surface area contributed by atoms with Crippen LogP contribution >= 0.6 is 0 Å². The van der Waals surface area contributed by atoms with Crippen molar-refractivity contribution in [3.05, 3.63) is 0 Å². The summed E-state index contributed by atoms with van der Waals surface area (Å²) in [7, 11) is 0.